The predicted octanol–water partition coefficient (Wildman–Crippen LogP) is 2.44. The Kier molecular flexibility index (Phi) is 4.26. The monoisotopic (exact) mass is 257 g/mol. The third-order valence-corrected chi connectivity index (χ3v) is 4.62. The first-order chi connectivity index (χ1) is 7.75. The van der Waals surface area contributed by atoms with E-state index in [4.69, 9.17) is 5.11 Å². The Morgan fingerprint density at radius 3 is 3.06 bits per heavy atom. The van der Waals surface area contributed by atoms with Gasteiger partial charge in [0.2, 0.25) is 0 Å². The molecule has 1 unspecified atom stereocenters. The lowest BCUT2D eigenvalue weighted by Crippen LogP contribution is -2.38. The molecule has 0 aromatic carbocycles. The molecule has 1 fully saturated rings. The molecule has 0 amide bonds. The Labute approximate surface area is 103 Å². The minimum absolute atomic E-state index is 0.375. The second kappa shape index (κ2) is 5.70. The van der Waals surface area contributed by atoms with Crippen LogP contribution in [0.1, 0.15) is 19.3 Å². The molecule has 0 saturated heterocycles. The van der Waals surface area contributed by atoms with Crippen LogP contribution < -0.4 is 5.32 Å². The number of hydrogen-bond donors (Lipinski definition) is 2. The number of rotatable bonds is 7. The van der Waals surface area contributed by atoms with Crippen LogP contribution >= 0.6 is 23.1 Å². The second-order valence-electron chi connectivity index (χ2n) is 3.90. The highest BCUT2D eigenvalue weighted by Crippen LogP contribution is 2.25. The van der Waals surface area contributed by atoms with E-state index < -0.39 is 5.97 Å². The quantitative estimate of drug-likeness (QED) is 0.737. The van der Waals surface area contributed by atoms with Gasteiger partial charge < -0.3 is 10.4 Å². The summed E-state index contributed by atoms with van der Waals surface area (Å²) in [5, 5.41) is 14.2. The van der Waals surface area contributed by atoms with Gasteiger partial charge in [-0.2, -0.15) is 0 Å². The molecule has 88 valence electrons. The average Bonchev–Trinajstić information content (AvgIpc) is 2.91. The highest BCUT2D eigenvalue weighted by atomic mass is 32.2. The third-order valence-electron chi connectivity index (χ3n) is 2.46. The van der Waals surface area contributed by atoms with E-state index in [9.17, 15) is 4.79 Å². The summed E-state index contributed by atoms with van der Waals surface area (Å²) in [6.07, 6.45) is 2.94. The Hall–Kier alpha value is -0.520. The van der Waals surface area contributed by atoms with Crippen molar-refractivity contribution in [2.75, 3.05) is 5.75 Å². The van der Waals surface area contributed by atoms with Gasteiger partial charge in [0, 0.05) is 11.8 Å². The van der Waals surface area contributed by atoms with Gasteiger partial charge in [0.1, 0.15) is 6.04 Å². The van der Waals surface area contributed by atoms with E-state index >= 15 is 0 Å². The van der Waals surface area contributed by atoms with Crippen molar-refractivity contribution < 1.29 is 9.90 Å². The first-order valence-corrected chi connectivity index (χ1v) is 7.27. The fraction of sp³-hybridized carbons (Fsp3) is 0.545. The van der Waals surface area contributed by atoms with Crippen molar-refractivity contribution in [3.63, 3.8) is 0 Å². The molecule has 0 radical (unpaired) electrons. The maximum atomic E-state index is 11.0. The summed E-state index contributed by atoms with van der Waals surface area (Å²) >= 11 is 3.44. The van der Waals surface area contributed by atoms with Gasteiger partial charge in [-0.3, -0.25) is 4.79 Å². The van der Waals surface area contributed by atoms with E-state index in [0.717, 1.165) is 18.6 Å². The van der Waals surface area contributed by atoms with Crippen molar-refractivity contribution in [2.24, 2.45) is 0 Å². The molecule has 0 aliphatic heterocycles. The van der Waals surface area contributed by atoms with Crippen molar-refractivity contribution >= 4 is 29.1 Å². The predicted molar refractivity (Wildman–Crippen MR) is 67.2 cm³/mol. The SMILES string of the molecule is O=C(O)C(CCSc1cccs1)NC1CC1. The van der Waals surface area contributed by atoms with Crippen molar-refractivity contribution in [3.8, 4) is 0 Å². The van der Waals surface area contributed by atoms with Crippen molar-refractivity contribution in [1.29, 1.82) is 0 Å². The summed E-state index contributed by atoms with van der Waals surface area (Å²) in [5.41, 5.74) is 0. The fourth-order valence-electron chi connectivity index (χ4n) is 1.44. The van der Waals surface area contributed by atoms with Crippen LogP contribution in [0.5, 0.6) is 0 Å². The lowest BCUT2D eigenvalue weighted by atomic mass is 10.2. The number of nitrogens with one attached hydrogen (secondary N) is 1. The van der Waals surface area contributed by atoms with Gasteiger partial charge in [-0.15, -0.1) is 23.1 Å². The summed E-state index contributed by atoms with van der Waals surface area (Å²) in [6, 6.07) is 4.16. The zero-order valence-corrected chi connectivity index (χ0v) is 10.5. The van der Waals surface area contributed by atoms with E-state index in [1.165, 1.54) is 4.21 Å². The van der Waals surface area contributed by atoms with E-state index in [1.54, 1.807) is 23.1 Å². The number of aliphatic carboxylic acids is 1. The largest absolute Gasteiger partial charge is 0.480 e. The Morgan fingerprint density at radius 2 is 2.50 bits per heavy atom. The molecular weight excluding hydrogens is 242 g/mol. The number of thiophene rings is 1. The van der Waals surface area contributed by atoms with Gasteiger partial charge in [0.25, 0.3) is 0 Å². The molecule has 1 aliphatic rings. The molecule has 1 atom stereocenters. The standard InChI is InChI=1S/C11H15NO2S2/c13-11(14)9(12-8-3-4-8)5-7-16-10-2-1-6-15-10/h1-2,6,8-9,12H,3-5,7H2,(H,13,14). The molecular formula is C11H15NO2S2. The second-order valence-corrected chi connectivity index (χ2v) is 6.24. The lowest BCUT2D eigenvalue weighted by Gasteiger charge is -2.12. The zero-order chi connectivity index (χ0) is 11.4. The van der Waals surface area contributed by atoms with Gasteiger partial charge in [0.05, 0.1) is 4.21 Å². The van der Waals surface area contributed by atoms with Crippen LogP contribution in [0.15, 0.2) is 21.7 Å². The molecule has 16 heavy (non-hydrogen) atoms. The molecule has 0 bridgehead atoms. The molecule has 3 nitrogen and oxygen atoms in total. The Bertz CT molecular complexity index is 336. The van der Waals surface area contributed by atoms with Crippen molar-refractivity contribution in [3.05, 3.63) is 17.5 Å². The average molecular weight is 257 g/mol. The van der Waals surface area contributed by atoms with Gasteiger partial charge in [-0.1, -0.05) is 6.07 Å². The fourth-order valence-corrected chi connectivity index (χ4v) is 3.30. The molecule has 1 heterocycles. The van der Waals surface area contributed by atoms with Gasteiger partial charge in [-0.25, -0.2) is 0 Å². The topological polar surface area (TPSA) is 49.3 Å². The van der Waals surface area contributed by atoms with Crippen LogP contribution in [0.3, 0.4) is 0 Å². The summed E-state index contributed by atoms with van der Waals surface area (Å²) in [6.45, 7) is 0. The smallest absolute Gasteiger partial charge is 0.320 e. The zero-order valence-electron chi connectivity index (χ0n) is 8.89. The molecule has 2 N–H and O–H groups in total. The van der Waals surface area contributed by atoms with E-state index in [-0.39, 0.29) is 6.04 Å². The molecule has 1 aromatic heterocycles. The van der Waals surface area contributed by atoms with Crippen LogP contribution in [-0.2, 0) is 4.79 Å². The van der Waals surface area contributed by atoms with Gasteiger partial charge in [-0.05, 0) is 30.7 Å². The number of thioether (sulfide) groups is 1. The number of carbonyl (C=O) groups is 1. The van der Waals surface area contributed by atoms with Gasteiger partial charge in [0.15, 0.2) is 0 Å². The summed E-state index contributed by atoms with van der Waals surface area (Å²) in [4.78, 5) is 11.0. The molecule has 5 heteroatoms. The minimum atomic E-state index is -0.723. The third kappa shape index (κ3) is 3.81. The van der Waals surface area contributed by atoms with E-state index in [1.807, 2.05) is 11.4 Å². The van der Waals surface area contributed by atoms with Gasteiger partial charge >= 0.3 is 5.97 Å². The van der Waals surface area contributed by atoms with Crippen LogP contribution in [0.2, 0.25) is 0 Å². The first-order valence-electron chi connectivity index (χ1n) is 5.41. The summed E-state index contributed by atoms with van der Waals surface area (Å²) < 4.78 is 1.26. The molecule has 2 rings (SSSR count). The van der Waals surface area contributed by atoms with Crippen LogP contribution in [0.25, 0.3) is 0 Å². The van der Waals surface area contributed by atoms with Crippen LogP contribution in [0.4, 0.5) is 0 Å². The lowest BCUT2D eigenvalue weighted by molar-refractivity contribution is -0.139. The maximum Gasteiger partial charge on any atom is 0.320 e. The Morgan fingerprint density at radius 1 is 1.69 bits per heavy atom. The Balaban J connectivity index is 1.70. The number of hydrogen-bond acceptors (Lipinski definition) is 4. The molecule has 1 saturated carbocycles. The highest BCUT2D eigenvalue weighted by Gasteiger charge is 2.27. The van der Waals surface area contributed by atoms with Crippen LogP contribution in [0, 0.1) is 0 Å². The van der Waals surface area contributed by atoms with Crippen LogP contribution in [-0.4, -0.2) is 28.9 Å². The molecule has 0 spiro atoms. The van der Waals surface area contributed by atoms with Crippen molar-refractivity contribution in [2.45, 2.75) is 35.6 Å². The highest BCUT2D eigenvalue weighted by molar-refractivity contribution is 8.01. The van der Waals surface area contributed by atoms with Crippen molar-refractivity contribution in [1.82, 2.24) is 5.32 Å². The normalized spacial score (nSPS) is 17.2. The summed E-state index contributed by atoms with van der Waals surface area (Å²) in [7, 11) is 0. The number of carboxylic acid groups (broad SMARTS) is 1. The molecule has 1 aromatic rings. The molecule has 1 aliphatic carbocycles. The number of carboxylic acids is 1. The maximum absolute atomic E-state index is 11.0. The van der Waals surface area contributed by atoms with E-state index in [2.05, 4.69) is 11.4 Å². The first kappa shape index (κ1) is 12.0. The summed E-state index contributed by atoms with van der Waals surface area (Å²) in [5.74, 6) is 0.135. The van der Waals surface area contributed by atoms with E-state index in [0.29, 0.717) is 12.5 Å². The minimum Gasteiger partial charge on any atom is -0.480 e.